The van der Waals surface area contributed by atoms with Crippen LogP contribution < -0.4 is 0 Å². The first-order valence-electron chi connectivity index (χ1n) is 19.7. The summed E-state index contributed by atoms with van der Waals surface area (Å²) < 4.78 is 38.4. The predicted molar refractivity (Wildman–Crippen MR) is 236 cm³/mol. The Morgan fingerprint density at radius 1 is 0.540 bits per heavy atom. The largest absolute Gasteiger partial charge is 0.508 e. The van der Waals surface area contributed by atoms with Gasteiger partial charge in [0, 0.05) is 60.9 Å². The Hall–Kier alpha value is -6.75. The van der Waals surface area contributed by atoms with Crippen molar-refractivity contribution in [2.24, 2.45) is 0 Å². The summed E-state index contributed by atoms with van der Waals surface area (Å²) >= 11 is 0. The monoisotopic (exact) mass is 916 g/mol. The first-order chi connectivity index (χ1) is 29.4. The molecule has 5 heterocycles. The summed E-state index contributed by atoms with van der Waals surface area (Å²) in [6.07, 6.45) is -1.10. The van der Waals surface area contributed by atoms with Crippen LogP contribution in [0.2, 0.25) is 0 Å². The number of sulfonamides is 1. The zero-order chi connectivity index (χ0) is 44.0. The first kappa shape index (κ1) is 44.3. The first-order valence-corrected chi connectivity index (χ1v) is 21.5. The Bertz CT molecular complexity index is 2870. The number of carbonyl (C=O) groups is 2. The van der Waals surface area contributed by atoms with Crippen molar-refractivity contribution in [2.45, 2.75) is 52.7 Å². The molecule has 0 saturated carbocycles. The van der Waals surface area contributed by atoms with Crippen LogP contribution in [0.25, 0.3) is 89.7 Å². The van der Waals surface area contributed by atoms with Crippen molar-refractivity contribution in [3.63, 3.8) is 0 Å². The van der Waals surface area contributed by atoms with Crippen LogP contribution >= 0.6 is 0 Å². The molecule has 1 amide bonds. The number of fused-ring (bicyclic) bond motifs is 20. The second-order valence-corrected chi connectivity index (χ2v) is 18.3. The molecular formula is C45H43CuN9O7S. The third-order valence-electron chi connectivity index (χ3n) is 9.36. The molecule has 0 saturated heterocycles. The number of ether oxygens (including phenoxy) is 3. The third kappa shape index (κ3) is 9.67. The minimum absolute atomic E-state index is 0. The van der Waals surface area contributed by atoms with E-state index in [0.29, 0.717) is 50.2 Å². The van der Waals surface area contributed by atoms with Crippen molar-refractivity contribution >= 4 is 66.4 Å². The second-order valence-electron chi connectivity index (χ2n) is 16.4. The maximum Gasteiger partial charge on any atom is 0.508 e. The molecule has 2 aliphatic rings. The van der Waals surface area contributed by atoms with Crippen molar-refractivity contribution in [2.75, 3.05) is 19.4 Å². The topological polar surface area (TPSA) is 208 Å². The maximum absolute atomic E-state index is 11.9. The van der Waals surface area contributed by atoms with Gasteiger partial charge in [0.2, 0.25) is 10.0 Å². The van der Waals surface area contributed by atoms with E-state index >= 15 is 0 Å². The van der Waals surface area contributed by atoms with Crippen LogP contribution in [-0.2, 0) is 41.3 Å². The van der Waals surface area contributed by atoms with E-state index < -0.39 is 33.5 Å². The van der Waals surface area contributed by atoms with Gasteiger partial charge in [-0.05, 0) is 41.5 Å². The Labute approximate surface area is 373 Å². The zero-order valence-corrected chi connectivity index (χ0v) is 37.1. The molecule has 0 fully saturated rings. The molecule has 18 heteroatoms. The van der Waals surface area contributed by atoms with Crippen LogP contribution in [0.1, 0.15) is 41.5 Å². The average Bonchev–Trinajstić information content (AvgIpc) is 3.94. The van der Waals surface area contributed by atoms with Gasteiger partial charge in [0.15, 0.2) is 23.3 Å². The Morgan fingerprint density at radius 3 is 1.16 bits per heavy atom. The number of hydrogen-bond donors (Lipinski definition) is 2. The standard InChI is InChI=1S/C32H18N8.C13H25NO7S.Cu/c1-2-10-18-17(9-1)25-33-26(18)38-28-21-13-5-6-14-22(21)30(35-28)40-32-24-16-8-7-15-23(24)31(36-32)39-29-20-12-4-3-11-19(20)27(34-29)37-25;1-12(2,3)20-10(15)14(22(7,17)18)8-9-19-11(16)21-13(4,5)6;/h1-16H,(H2,33,34,35,36,37,38,39,40);8-9H2,1-7H3;. The SMILES string of the molecule is CC(C)(C)OC(=O)OCCN(C(=O)OC(C)(C)C)S(C)(=O)=O.[Cu].c1ccc2c(c1)-c1nc-2nc2[nH]c(nc3nc(nc4[nH]c(n1)c1ccccc41)-c1ccccc1-3)c1ccccc21. The summed E-state index contributed by atoms with van der Waals surface area (Å²) in [6, 6.07) is 32.2. The molecule has 0 unspecified atom stereocenters. The van der Waals surface area contributed by atoms with Gasteiger partial charge < -0.3 is 24.2 Å². The van der Waals surface area contributed by atoms with E-state index in [4.69, 9.17) is 44.1 Å². The number of amides is 1. The molecule has 2 aliphatic heterocycles. The predicted octanol–water partition coefficient (Wildman–Crippen LogP) is 9.00. The van der Waals surface area contributed by atoms with Crippen LogP contribution in [0, 0.1) is 0 Å². The van der Waals surface area contributed by atoms with Gasteiger partial charge in [0.1, 0.15) is 40.4 Å². The molecular weight excluding hydrogens is 874 g/mol. The van der Waals surface area contributed by atoms with E-state index in [1.165, 1.54) is 0 Å². The molecule has 0 spiro atoms. The maximum atomic E-state index is 11.9. The van der Waals surface area contributed by atoms with Gasteiger partial charge in [-0.3, -0.25) is 0 Å². The third-order valence-corrected chi connectivity index (χ3v) is 10.5. The fourth-order valence-electron chi connectivity index (χ4n) is 6.79. The molecule has 1 radical (unpaired) electrons. The number of nitrogens with zero attached hydrogens (tertiary/aromatic N) is 7. The summed E-state index contributed by atoms with van der Waals surface area (Å²) in [5, 5.41) is 3.82. The van der Waals surface area contributed by atoms with Crippen molar-refractivity contribution in [1.82, 2.24) is 44.2 Å². The van der Waals surface area contributed by atoms with Crippen LogP contribution in [-0.4, -0.2) is 95.5 Å². The quantitative estimate of drug-likeness (QED) is 0.125. The van der Waals surface area contributed by atoms with Gasteiger partial charge in [0.25, 0.3) is 0 Å². The molecule has 63 heavy (non-hydrogen) atoms. The van der Waals surface area contributed by atoms with Crippen molar-refractivity contribution in [3.05, 3.63) is 97.1 Å². The number of aromatic amines is 2. The number of carbonyl (C=O) groups excluding carboxylic acids is 2. The number of aromatic nitrogens is 8. The minimum atomic E-state index is -3.84. The Morgan fingerprint density at radius 2 is 0.857 bits per heavy atom. The van der Waals surface area contributed by atoms with E-state index in [1.807, 2.05) is 97.1 Å². The Kier molecular flexibility index (Phi) is 12.1. The van der Waals surface area contributed by atoms with Gasteiger partial charge >= 0.3 is 12.2 Å². The van der Waals surface area contributed by atoms with Gasteiger partial charge in [-0.25, -0.2) is 52.2 Å². The summed E-state index contributed by atoms with van der Waals surface area (Å²) in [7, 11) is -3.84. The normalized spacial score (nSPS) is 12.0. The summed E-state index contributed by atoms with van der Waals surface area (Å²) in [5.74, 6) is 2.39. The van der Waals surface area contributed by atoms with Crippen molar-refractivity contribution in [1.29, 1.82) is 0 Å². The number of benzene rings is 4. The van der Waals surface area contributed by atoms with Crippen molar-refractivity contribution < 1.29 is 49.3 Å². The molecule has 16 nitrogen and oxygen atoms in total. The van der Waals surface area contributed by atoms with Crippen LogP contribution in [0.15, 0.2) is 97.1 Å². The van der Waals surface area contributed by atoms with E-state index in [2.05, 4.69) is 9.97 Å². The van der Waals surface area contributed by atoms with E-state index in [-0.39, 0.29) is 30.2 Å². The molecule has 2 N–H and O–H groups in total. The molecule has 0 atom stereocenters. The molecule has 7 aromatic rings. The minimum Gasteiger partial charge on any atom is -0.443 e. The number of nitrogens with one attached hydrogen (secondary N) is 2. The fraction of sp³-hybridized carbons (Fsp3) is 0.244. The van der Waals surface area contributed by atoms with E-state index in [0.717, 1.165) is 50.1 Å². The van der Waals surface area contributed by atoms with Crippen LogP contribution in [0.3, 0.4) is 0 Å². The number of H-pyrrole nitrogens is 2. The van der Waals surface area contributed by atoms with E-state index in [1.54, 1.807) is 41.5 Å². The Balaban J connectivity index is 0.000000224. The second kappa shape index (κ2) is 17.2. The zero-order valence-electron chi connectivity index (χ0n) is 35.3. The molecule has 9 rings (SSSR count). The van der Waals surface area contributed by atoms with E-state index in [9.17, 15) is 18.0 Å². The van der Waals surface area contributed by atoms with Crippen LogP contribution in [0.4, 0.5) is 9.59 Å². The van der Waals surface area contributed by atoms with Gasteiger partial charge in [-0.1, -0.05) is 97.1 Å². The summed E-state index contributed by atoms with van der Waals surface area (Å²) in [6.45, 7) is 9.15. The molecule has 3 aromatic heterocycles. The van der Waals surface area contributed by atoms with Crippen LogP contribution in [0.5, 0.6) is 0 Å². The van der Waals surface area contributed by atoms with Gasteiger partial charge in [0.05, 0.1) is 12.8 Å². The molecule has 8 bridgehead atoms. The number of rotatable bonds is 4. The van der Waals surface area contributed by atoms with Gasteiger partial charge in [-0.15, -0.1) is 0 Å². The molecule has 327 valence electrons. The number of hydrogen-bond acceptors (Lipinski definition) is 13. The summed E-state index contributed by atoms with van der Waals surface area (Å²) in [5.41, 5.74) is 4.88. The molecule has 0 aliphatic carbocycles. The molecule has 4 aromatic carbocycles. The van der Waals surface area contributed by atoms with Crippen molar-refractivity contribution in [3.8, 4) is 45.6 Å². The van der Waals surface area contributed by atoms with Gasteiger partial charge in [-0.2, -0.15) is 0 Å². The summed E-state index contributed by atoms with van der Waals surface area (Å²) in [4.78, 5) is 60.0. The average molecular weight is 918 g/mol. The fourth-order valence-corrected chi connectivity index (χ4v) is 7.50. The smallest absolute Gasteiger partial charge is 0.443 e.